The lowest BCUT2D eigenvalue weighted by Crippen LogP contribution is -2.40. The van der Waals surface area contributed by atoms with Crippen molar-refractivity contribution in [2.45, 2.75) is 38.8 Å². The molecule has 19 heavy (non-hydrogen) atoms. The van der Waals surface area contributed by atoms with Crippen LogP contribution >= 0.6 is 0 Å². The standard InChI is InChI=1S/C15H22F2N2/c1-10(2)14-4-3-7-19(14)15(9-18)11-5-6-12(16)13(17)8-11/h5-6,8,10,14-15H,3-4,7,9,18H2,1-2H3. The van der Waals surface area contributed by atoms with Gasteiger partial charge in [-0.3, -0.25) is 4.90 Å². The molecule has 0 aliphatic carbocycles. The number of halogens is 2. The van der Waals surface area contributed by atoms with Gasteiger partial charge in [0, 0.05) is 18.6 Å². The molecule has 0 amide bonds. The Morgan fingerprint density at radius 2 is 2.05 bits per heavy atom. The number of likely N-dealkylation sites (tertiary alicyclic amines) is 1. The maximum absolute atomic E-state index is 13.4. The smallest absolute Gasteiger partial charge is 0.159 e. The van der Waals surface area contributed by atoms with E-state index in [1.165, 1.54) is 12.1 Å². The molecule has 2 nitrogen and oxygen atoms in total. The summed E-state index contributed by atoms with van der Waals surface area (Å²) in [6.07, 6.45) is 2.29. The fraction of sp³-hybridized carbons (Fsp3) is 0.600. The van der Waals surface area contributed by atoms with Gasteiger partial charge < -0.3 is 5.73 Å². The highest BCUT2D eigenvalue weighted by Crippen LogP contribution is 2.32. The van der Waals surface area contributed by atoms with E-state index in [0.717, 1.165) is 24.9 Å². The third kappa shape index (κ3) is 2.95. The first-order valence-corrected chi connectivity index (χ1v) is 6.95. The molecule has 0 aromatic heterocycles. The minimum atomic E-state index is -0.804. The second kappa shape index (κ2) is 5.97. The third-order valence-electron chi connectivity index (χ3n) is 4.06. The third-order valence-corrected chi connectivity index (χ3v) is 4.06. The summed E-state index contributed by atoms with van der Waals surface area (Å²) < 4.78 is 26.4. The topological polar surface area (TPSA) is 29.3 Å². The van der Waals surface area contributed by atoms with Crippen molar-refractivity contribution in [3.63, 3.8) is 0 Å². The summed E-state index contributed by atoms with van der Waals surface area (Å²) in [6, 6.07) is 4.56. The summed E-state index contributed by atoms with van der Waals surface area (Å²) in [5, 5.41) is 0. The predicted molar refractivity (Wildman–Crippen MR) is 72.7 cm³/mol. The van der Waals surface area contributed by atoms with Crippen LogP contribution in [0.1, 0.15) is 38.3 Å². The summed E-state index contributed by atoms with van der Waals surface area (Å²) in [7, 11) is 0. The Morgan fingerprint density at radius 1 is 1.32 bits per heavy atom. The first-order valence-electron chi connectivity index (χ1n) is 6.95. The van der Waals surface area contributed by atoms with Crippen LogP contribution in [-0.2, 0) is 0 Å². The molecule has 1 aromatic rings. The Bertz CT molecular complexity index is 434. The van der Waals surface area contributed by atoms with E-state index >= 15 is 0 Å². The quantitative estimate of drug-likeness (QED) is 0.909. The van der Waals surface area contributed by atoms with Crippen molar-refractivity contribution in [3.8, 4) is 0 Å². The molecule has 1 aliphatic heterocycles. The fourth-order valence-corrected chi connectivity index (χ4v) is 3.10. The lowest BCUT2D eigenvalue weighted by molar-refractivity contribution is 0.149. The van der Waals surface area contributed by atoms with E-state index in [1.54, 1.807) is 6.07 Å². The molecule has 2 atom stereocenters. The second-order valence-electron chi connectivity index (χ2n) is 5.62. The summed E-state index contributed by atoms with van der Waals surface area (Å²) in [6.45, 7) is 5.79. The number of hydrogen-bond acceptors (Lipinski definition) is 2. The number of hydrogen-bond donors (Lipinski definition) is 1. The van der Waals surface area contributed by atoms with E-state index in [2.05, 4.69) is 18.7 Å². The van der Waals surface area contributed by atoms with Gasteiger partial charge in [-0.2, -0.15) is 0 Å². The molecule has 1 saturated heterocycles. The van der Waals surface area contributed by atoms with Crippen LogP contribution in [0.3, 0.4) is 0 Å². The molecule has 0 bridgehead atoms. The first kappa shape index (κ1) is 14.4. The lowest BCUT2D eigenvalue weighted by atomic mass is 9.98. The Kier molecular flexibility index (Phi) is 4.53. The van der Waals surface area contributed by atoms with Crippen LogP contribution in [0.4, 0.5) is 8.78 Å². The van der Waals surface area contributed by atoms with E-state index in [0.29, 0.717) is 18.5 Å². The van der Waals surface area contributed by atoms with Gasteiger partial charge in [-0.1, -0.05) is 19.9 Å². The first-order chi connectivity index (χ1) is 9.04. The number of benzene rings is 1. The van der Waals surface area contributed by atoms with Crippen molar-refractivity contribution in [2.75, 3.05) is 13.1 Å². The summed E-state index contributed by atoms with van der Waals surface area (Å²) in [5.74, 6) is -1.06. The predicted octanol–water partition coefficient (Wildman–Crippen LogP) is 3.09. The fourth-order valence-electron chi connectivity index (χ4n) is 3.10. The zero-order valence-electron chi connectivity index (χ0n) is 11.6. The minimum absolute atomic E-state index is 0.0231. The van der Waals surface area contributed by atoms with E-state index in [4.69, 9.17) is 5.73 Å². The van der Waals surface area contributed by atoms with Gasteiger partial charge in [0.15, 0.2) is 11.6 Å². The highest BCUT2D eigenvalue weighted by molar-refractivity contribution is 5.22. The zero-order valence-corrected chi connectivity index (χ0v) is 11.6. The highest BCUT2D eigenvalue weighted by atomic mass is 19.2. The molecule has 0 saturated carbocycles. The van der Waals surface area contributed by atoms with Gasteiger partial charge in [-0.15, -0.1) is 0 Å². The number of rotatable bonds is 4. The number of nitrogens with two attached hydrogens (primary N) is 1. The van der Waals surface area contributed by atoms with Gasteiger partial charge in [-0.05, 0) is 43.0 Å². The van der Waals surface area contributed by atoms with Crippen LogP contribution in [0.25, 0.3) is 0 Å². The molecule has 2 unspecified atom stereocenters. The molecule has 1 heterocycles. The summed E-state index contributed by atoms with van der Waals surface area (Å²) >= 11 is 0. The average Bonchev–Trinajstić information content (AvgIpc) is 2.84. The molecule has 106 valence electrons. The molecular weight excluding hydrogens is 246 g/mol. The van der Waals surface area contributed by atoms with E-state index < -0.39 is 11.6 Å². The normalized spacial score (nSPS) is 22.1. The van der Waals surface area contributed by atoms with Gasteiger partial charge in [0.05, 0.1) is 0 Å². The molecule has 1 aliphatic rings. The Labute approximate surface area is 113 Å². The second-order valence-corrected chi connectivity index (χ2v) is 5.62. The van der Waals surface area contributed by atoms with E-state index in [9.17, 15) is 8.78 Å². The molecule has 4 heteroatoms. The Hall–Kier alpha value is -1.00. The monoisotopic (exact) mass is 268 g/mol. The summed E-state index contributed by atoms with van der Waals surface area (Å²) in [5.41, 5.74) is 6.65. The molecule has 0 spiro atoms. The van der Waals surface area contributed by atoms with Gasteiger partial charge in [0.2, 0.25) is 0 Å². The highest BCUT2D eigenvalue weighted by Gasteiger charge is 2.32. The van der Waals surface area contributed by atoms with Crippen LogP contribution in [-0.4, -0.2) is 24.0 Å². The maximum atomic E-state index is 13.4. The molecule has 2 rings (SSSR count). The van der Waals surface area contributed by atoms with E-state index in [-0.39, 0.29) is 6.04 Å². The van der Waals surface area contributed by atoms with Crippen LogP contribution in [0, 0.1) is 17.6 Å². The molecular formula is C15H22F2N2. The van der Waals surface area contributed by atoms with Crippen molar-refractivity contribution < 1.29 is 8.78 Å². The Balaban J connectivity index is 2.26. The van der Waals surface area contributed by atoms with Gasteiger partial charge in [0.25, 0.3) is 0 Å². The van der Waals surface area contributed by atoms with Crippen molar-refractivity contribution >= 4 is 0 Å². The summed E-state index contributed by atoms with van der Waals surface area (Å²) in [4.78, 5) is 2.34. The van der Waals surface area contributed by atoms with Crippen molar-refractivity contribution in [1.82, 2.24) is 4.90 Å². The van der Waals surface area contributed by atoms with Gasteiger partial charge >= 0.3 is 0 Å². The van der Waals surface area contributed by atoms with Gasteiger partial charge in [-0.25, -0.2) is 8.78 Å². The van der Waals surface area contributed by atoms with Crippen LogP contribution in [0.2, 0.25) is 0 Å². The molecule has 0 radical (unpaired) electrons. The zero-order chi connectivity index (χ0) is 14.0. The molecule has 2 N–H and O–H groups in total. The lowest BCUT2D eigenvalue weighted by Gasteiger charge is -2.34. The molecule has 1 aromatic carbocycles. The van der Waals surface area contributed by atoms with Crippen LogP contribution in [0.5, 0.6) is 0 Å². The van der Waals surface area contributed by atoms with Crippen molar-refractivity contribution in [2.24, 2.45) is 11.7 Å². The largest absolute Gasteiger partial charge is 0.329 e. The van der Waals surface area contributed by atoms with Crippen molar-refractivity contribution in [3.05, 3.63) is 35.4 Å². The van der Waals surface area contributed by atoms with Crippen molar-refractivity contribution in [1.29, 1.82) is 0 Å². The van der Waals surface area contributed by atoms with Crippen LogP contribution < -0.4 is 5.73 Å². The molecule has 1 fully saturated rings. The van der Waals surface area contributed by atoms with Crippen LogP contribution in [0.15, 0.2) is 18.2 Å². The SMILES string of the molecule is CC(C)C1CCCN1C(CN)c1ccc(F)c(F)c1. The number of nitrogens with zero attached hydrogens (tertiary/aromatic N) is 1. The van der Waals surface area contributed by atoms with E-state index in [1.807, 2.05) is 0 Å². The average molecular weight is 268 g/mol. The van der Waals surface area contributed by atoms with Gasteiger partial charge in [0.1, 0.15) is 0 Å². The minimum Gasteiger partial charge on any atom is -0.329 e. The maximum Gasteiger partial charge on any atom is 0.159 e. The Morgan fingerprint density at radius 3 is 2.63 bits per heavy atom.